The number of hydrogen-bond acceptors (Lipinski definition) is 2. The number of para-hydroxylation sites is 2. The molecule has 0 spiro atoms. The van der Waals surface area contributed by atoms with Crippen LogP contribution >= 0.6 is 0 Å². The van der Waals surface area contributed by atoms with Gasteiger partial charge in [-0.15, -0.1) is 0 Å². The third-order valence-corrected chi connectivity index (χ3v) is 14.0. The van der Waals surface area contributed by atoms with Crippen molar-refractivity contribution in [1.29, 1.82) is 0 Å². The molecule has 0 aliphatic carbocycles. The van der Waals surface area contributed by atoms with Crippen LogP contribution in [0.5, 0.6) is 0 Å². The molecule has 0 unspecified atom stereocenters. The molecule has 0 radical (unpaired) electrons. The van der Waals surface area contributed by atoms with Crippen molar-refractivity contribution < 1.29 is 0 Å². The summed E-state index contributed by atoms with van der Waals surface area (Å²) in [5, 5.41) is 2.49. The Bertz CT molecular complexity index is 4080. The summed E-state index contributed by atoms with van der Waals surface area (Å²) in [4.78, 5) is 10.8. The van der Waals surface area contributed by atoms with Crippen LogP contribution in [0.25, 0.3) is 128 Å². The molecule has 3 nitrogen and oxygen atoms in total. The van der Waals surface area contributed by atoms with Gasteiger partial charge in [0.05, 0.1) is 22.4 Å². The summed E-state index contributed by atoms with van der Waals surface area (Å²) in [5.74, 6) is 0.662. The molecule has 11 aromatic carbocycles. The molecule has 73 heavy (non-hydrogen) atoms. The minimum atomic E-state index is 0.662. The Labute approximate surface area is 425 Å². The van der Waals surface area contributed by atoms with E-state index in [0.717, 1.165) is 67.1 Å². The van der Waals surface area contributed by atoms with Crippen molar-refractivity contribution in [3.63, 3.8) is 0 Å². The van der Waals surface area contributed by atoms with Crippen molar-refractivity contribution in [2.75, 3.05) is 0 Å². The summed E-state index contributed by atoms with van der Waals surface area (Å²) < 4.78 is 2.37. The van der Waals surface area contributed by atoms with Crippen molar-refractivity contribution >= 4 is 21.8 Å². The lowest BCUT2D eigenvalue weighted by Gasteiger charge is -2.15. The molecule has 0 atom stereocenters. The normalized spacial score (nSPS) is 11.3. The van der Waals surface area contributed by atoms with Gasteiger partial charge in [-0.25, -0.2) is 9.97 Å². The second kappa shape index (κ2) is 18.9. The Balaban J connectivity index is 0.899. The monoisotopic (exact) mass is 929 g/mol. The van der Waals surface area contributed by atoms with Gasteiger partial charge in [0.1, 0.15) is 0 Å². The minimum absolute atomic E-state index is 0.662. The van der Waals surface area contributed by atoms with Crippen molar-refractivity contribution in [3.05, 3.63) is 285 Å². The van der Waals surface area contributed by atoms with Crippen LogP contribution in [0.1, 0.15) is 0 Å². The van der Waals surface area contributed by atoms with E-state index in [1.165, 1.54) is 55.2 Å². The van der Waals surface area contributed by atoms with E-state index in [-0.39, 0.29) is 0 Å². The summed E-state index contributed by atoms with van der Waals surface area (Å²) in [6.07, 6.45) is 0. The zero-order valence-electron chi connectivity index (χ0n) is 40.0. The lowest BCUT2D eigenvalue weighted by Crippen LogP contribution is -1.97. The Kier molecular flexibility index (Phi) is 11.2. The van der Waals surface area contributed by atoms with Gasteiger partial charge in [0.15, 0.2) is 5.82 Å². The van der Waals surface area contributed by atoms with Crippen LogP contribution in [0, 0.1) is 0 Å². The average Bonchev–Trinajstić information content (AvgIpc) is 3.82. The zero-order valence-corrected chi connectivity index (χ0v) is 40.0. The molecule has 0 saturated heterocycles. The van der Waals surface area contributed by atoms with Gasteiger partial charge >= 0.3 is 0 Å². The summed E-state index contributed by atoms with van der Waals surface area (Å²) in [7, 11) is 0. The Morgan fingerprint density at radius 1 is 0.219 bits per heavy atom. The highest BCUT2D eigenvalue weighted by atomic mass is 15.0. The lowest BCUT2D eigenvalue weighted by atomic mass is 9.93. The Morgan fingerprint density at radius 3 is 1.16 bits per heavy atom. The minimum Gasteiger partial charge on any atom is -0.309 e. The number of hydrogen-bond donors (Lipinski definition) is 0. The van der Waals surface area contributed by atoms with E-state index in [4.69, 9.17) is 9.97 Å². The van der Waals surface area contributed by atoms with Crippen LogP contribution in [-0.2, 0) is 0 Å². The molecule has 0 N–H and O–H groups in total. The van der Waals surface area contributed by atoms with Gasteiger partial charge in [-0.2, -0.15) is 0 Å². The molecule has 0 saturated carbocycles. The number of nitrogens with zero attached hydrogens (tertiary/aromatic N) is 3. The molecular formula is C70H47N3. The molecule has 0 bridgehead atoms. The fraction of sp³-hybridized carbons (Fsp3) is 0. The van der Waals surface area contributed by atoms with Crippen molar-refractivity contribution in [1.82, 2.24) is 14.5 Å². The highest BCUT2D eigenvalue weighted by Crippen LogP contribution is 2.39. The largest absolute Gasteiger partial charge is 0.309 e. The SMILES string of the molecule is c1ccc(-c2cccc(-c3cccc(-c4ccc(-c5cc(-c6ccccc6-c6cccc(-c7ccccc7)c6)nc(-c6cccc(-c7cccc(-n8c9ccccc9c9ccccc98)c7)c6)n5)cc4)c3)c2)cc1. The molecule has 2 heterocycles. The third-order valence-electron chi connectivity index (χ3n) is 14.0. The van der Waals surface area contributed by atoms with Gasteiger partial charge in [-0.3, -0.25) is 0 Å². The van der Waals surface area contributed by atoms with Crippen LogP contribution in [0.3, 0.4) is 0 Å². The standard InChI is InChI=1S/C70H47N3/c1-3-18-48(19-4-1)52-22-13-25-55(42-52)56-26-14-23-53(43-56)50-38-40-51(41-39-50)66-47-67(63-33-8-7-32-62(63)59-29-15-24-54(44-59)49-20-5-2-6-21-49)72-70(71-66)60-30-16-27-57(45-60)58-28-17-31-61(46-58)73-68-36-11-9-34-64(68)65-35-10-12-37-69(65)73/h1-47H. The lowest BCUT2D eigenvalue weighted by molar-refractivity contribution is 1.18. The summed E-state index contributed by atoms with van der Waals surface area (Å²) >= 11 is 0. The molecule has 3 heteroatoms. The van der Waals surface area contributed by atoms with Gasteiger partial charge in [-0.1, -0.05) is 231 Å². The van der Waals surface area contributed by atoms with Crippen LogP contribution in [0.4, 0.5) is 0 Å². The van der Waals surface area contributed by atoms with E-state index in [2.05, 4.69) is 290 Å². The van der Waals surface area contributed by atoms with Gasteiger partial charge in [0.2, 0.25) is 0 Å². The maximum absolute atomic E-state index is 5.44. The van der Waals surface area contributed by atoms with Crippen molar-refractivity contribution in [2.45, 2.75) is 0 Å². The summed E-state index contributed by atoms with van der Waals surface area (Å²) in [6, 6.07) is 102. The van der Waals surface area contributed by atoms with Gasteiger partial charge in [0, 0.05) is 33.2 Å². The first-order valence-electron chi connectivity index (χ1n) is 24.9. The van der Waals surface area contributed by atoms with Gasteiger partial charge in [-0.05, 0) is 121 Å². The second-order valence-electron chi connectivity index (χ2n) is 18.6. The first-order chi connectivity index (χ1) is 36.2. The van der Waals surface area contributed by atoms with Crippen molar-refractivity contribution in [3.8, 4) is 106 Å². The van der Waals surface area contributed by atoms with Crippen LogP contribution < -0.4 is 0 Å². The van der Waals surface area contributed by atoms with Gasteiger partial charge in [0.25, 0.3) is 0 Å². The predicted molar refractivity (Wildman–Crippen MR) is 305 cm³/mol. The summed E-state index contributed by atoms with van der Waals surface area (Å²) in [5.41, 5.74) is 22.1. The second-order valence-corrected chi connectivity index (χ2v) is 18.6. The molecule has 0 fully saturated rings. The fourth-order valence-electron chi connectivity index (χ4n) is 10.4. The van der Waals surface area contributed by atoms with E-state index < -0.39 is 0 Å². The molecule has 342 valence electrons. The number of fused-ring (bicyclic) bond motifs is 3. The Hall–Kier alpha value is -9.70. The molecule has 0 aliphatic rings. The third kappa shape index (κ3) is 8.49. The van der Waals surface area contributed by atoms with Crippen LogP contribution in [-0.4, -0.2) is 14.5 Å². The van der Waals surface area contributed by atoms with E-state index in [0.29, 0.717) is 5.82 Å². The maximum atomic E-state index is 5.44. The first-order valence-corrected chi connectivity index (χ1v) is 24.9. The van der Waals surface area contributed by atoms with E-state index >= 15 is 0 Å². The number of benzene rings is 11. The first kappa shape index (κ1) is 43.3. The van der Waals surface area contributed by atoms with Crippen LogP contribution in [0.2, 0.25) is 0 Å². The molecular weight excluding hydrogens is 883 g/mol. The Morgan fingerprint density at radius 2 is 0.589 bits per heavy atom. The highest BCUT2D eigenvalue weighted by Gasteiger charge is 2.17. The zero-order chi connectivity index (χ0) is 48.5. The fourth-order valence-corrected chi connectivity index (χ4v) is 10.4. The number of rotatable bonds is 10. The predicted octanol–water partition coefficient (Wildman–Crippen LogP) is 18.6. The van der Waals surface area contributed by atoms with E-state index in [1.54, 1.807) is 0 Å². The summed E-state index contributed by atoms with van der Waals surface area (Å²) in [6.45, 7) is 0. The molecule has 0 aliphatic heterocycles. The smallest absolute Gasteiger partial charge is 0.160 e. The topological polar surface area (TPSA) is 30.7 Å². The molecule has 13 aromatic rings. The maximum Gasteiger partial charge on any atom is 0.160 e. The van der Waals surface area contributed by atoms with Crippen LogP contribution in [0.15, 0.2) is 285 Å². The molecule has 0 amide bonds. The van der Waals surface area contributed by atoms with E-state index in [9.17, 15) is 0 Å². The van der Waals surface area contributed by atoms with Crippen molar-refractivity contribution in [2.24, 2.45) is 0 Å². The number of aromatic nitrogens is 3. The highest BCUT2D eigenvalue weighted by molar-refractivity contribution is 6.09. The van der Waals surface area contributed by atoms with E-state index in [1.807, 2.05) is 0 Å². The average molecular weight is 930 g/mol. The quantitative estimate of drug-likeness (QED) is 0.137. The van der Waals surface area contributed by atoms with Gasteiger partial charge < -0.3 is 4.57 Å². The molecule has 13 rings (SSSR count). The molecule has 2 aromatic heterocycles.